The molecule has 49 heavy (non-hydrogen) atoms. The SMILES string of the molecule is c1ccc(-c2nc(-c3ccccc3)nc(-c3cccc(-c4cccc(-n5c6ccccc6n6c7oc8ccccc8c7nc56)c4)c3)n2)cc1. The molecule has 10 aromatic rings. The van der Waals surface area contributed by atoms with Crippen LogP contribution in [0.3, 0.4) is 0 Å². The molecule has 230 valence electrons. The minimum Gasteiger partial charge on any atom is -0.437 e. The highest BCUT2D eigenvalue weighted by Crippen LogP contribution is 2.35. The monoisotopic (exact) mass is 630 g/mol. The van der Waals surface area contributed by atoms with Crippen LogP contribution in [-0.2, 0) is 0 Å². The lowest BCUT2D eigenvalue weighted by molar-refractivity contribution is 0.651. The van der Waals surface area contributed by atoms with Crippen molar-refractivity contribution in [2.24, 2.45) is 0 Å². The number of aromatic nitrogens is 6. The van der Waals surface area contributed by atoms with E-state index in [-0.39, 0.29) is 0 Å². The van der Waals surface area contributed by atoms with Gasteiger partial charge in [0.05, 0.1) is 11.0 Å². The van der Waals surface area contributed by atoms with Gasteiger partial charge in [0.25, 0.3) is 0 Å². The van der Waals surface area contributed by atoms with Crippen molar-refractivity contribution in [2.75, 3.05) is 0 Å². The van der Waals surface area contributed by atoms with Crippen LogP contribution < -0.4 is 0 Å². The Labute approximate surface area is 280 Å². The highest BCUT2D eigenvalue weighted by Gasteiger charge is 2.21. The van der Waals surface area contributed by atoms with Crippen molar-refractivity contribution < 1.29 is 4.42 Å². The number of para-hydroxylation sites is 3. The fourth-order valence-corrected chi connectivity index (χ4v) is 6.69. The second kappa shape index (κ2) is 10.9. The summed E-state index contributed by atoms with van der Waals surface area (Å²) in [5.41, 5.74) is 10.4. The Morgan fingerprint density at radius 3 is 1.71 bits per heavy atom. The molecule has 0 aliphatic carbocycles. The summed E-state index contributed by atoms with van der Waals surface area (Å²) in [6.07, 6.45) is 0. The first-order valence-electron chi connectivity index (χ1n) is 16.2. The van der Waals surface area contributed by atoms with E-state index >= 15 is 0 Å². The van der Waals surface area contributed by atoms with Crippen LogP contribution in [0.2, 0.25) is 0 Å². The smallest absolute Gasteiger partial charge is 0.234 e. The van der Waals surface area contributed by atoms with Gasteiger partial charge >= 0.3 is 0 Å². The van der Waals surface area contributed by atoms with Crippen molar-refractivity contribution in [3.63, 3.8) is 0 Å². The highest BCUT2D eigenvalue weighted by atomic mass is 16.3. The topological polar surface area (TPSA) is 74.0 Å². The van der Waals surface area contributed by atoms with Gasteiger partial charge in [0.2, 0.25) is 11.5 Å². The summed E-state index contributed by atoms with van der Waals surface area (Å²) in [4.78, 5) is 19.9. The summed E-state index contributed by atoms with van der Waals surface area (Å²) in [5.74, 6) is 2.70. The Bertz CT molecular complexity index is 2770. The first-order chi connectivity index (χ1) is 24.3. The van der Waals surface area contributed by atoms with Crippen LogP contribution >= 0.6 is 0 Å². The molecule has 0 unspecified atom stereocenters. The minimum atomic E-state index is 0.621. The van der Waals surface area contributed by atoms with Crippen LogP contribution in [0.1, 0.15) is 0 Å². The fourth-order valence-electron chi connectivity index (χ4n) is 6.69. The molecule has 0 spiro atoms. The summed E-state index contributed by atoms with van der Waals surface area (Å²) in [7, 11) is 0. The summed E-state index contributed by atoms with van der Waals surface area (Å²) in [5, 5.41) is 1.01. The molecule has 0 bridgehead atoms. The maximum atomic E-state index is 6.36. The van der Waals surface area contributed by atoms with Crippen LogP contribution in [0.4, 0.5) is 0 Å². The number of benzene rings is 6. The average Bonchev–Trinajstić information content (AvgIpc) is 3.82. The number of nitrogens with zero attached hydrogens (tertiary/aromatic N) is 6. The maximum Gasteiger partial charge on any atom is 0.234 e. The number of rotatable bonds is 5. The van der Waals surface area contributed by atoms with E-state index < -0.39 is 0 Å². The highest BCUT2D eigenvalue weighted by molar-refractivity contribution is 6.04. The van der Waals surface area contributed by atoms with Crippen LogP contribution in [0.5, 0.6) is 0 Å². The normalized spacial score (nSPS) is 11.7. The molecule has 0 saturated heterocycles. The molecule has 7 nitrogen and oxygen atoms in total. The molecule has 4 heterocycles. The van der Waals surface area contributed by atoms with Gasteiger partial charge in [-0.25, -0.2) is 24.3 Å². The standard InChI is InChI=1S/C42H26N6O/c1-3-13-27(14-4-1)38-44-39(28-15-5-2-6-16-28)46-40(45-38)31-19-11-17-29(25-31)30-18-12-20-32(26-30)47-34-22-8-9-23-35(34)48-41-37(43-42(47)48)33-21-7-10-24-36(33)49-41/h1-26H. The Kier molecular flexibility index (Phi) is 6.04. The Balaban J connectivity index is 1.11. The Hall–Kier alpha value is -6.86. The summed E-state index contributed by atoms with van der Waals surface area (Å²) in [6.45, 7) is 0. The quantitative estimate of drug-likeness (QED) is 0.189. The van der Waals surface area contributed by atoms with Gasteiger partial charge in [0.15, 0.2) is 17.5 Å². The number of hydrogen-bond acceptors (Lipinski definition) is 5. The largest absolute Gasteiger partial charge is 0.437 e. The molecule has 0 radical (unpaired) electrons. The van der Waals surface area contributed by atoms with E-state index in [4.69, 9.17) is 24.4 Å². The van der Waals surface area contributed by atoms with Crippen LogP contribution in [0, 0.1) is 0 Å². The lowest BCUT2D eigenvalue weighted by atomic mass is 10.0. The summed E-state index contributed by atoms with van der Waals surface area (Å²) in [6, 6.07) is 53.4. The third kappa shape index (κ3) is 4.44. The van der Waals surface area contributed by atoms with E-state index in [1.54, 1.807) is 0 Å². The zero-order chi connectivity index (χ0) is 32.3. The number of hydrogen-bond donors (Lipinski definition) is 0. The molecular weight excluding hydrogens is 605 g/mol. The van der Waals surface area contributed by atoms with Gasteiger partial charge in [-0.2, -0.15) is 0 Å². The van der Waals surface area contributed by atoms with E-state index in [1.807, 2.05) is 78.9 Å². The molecule has 0 N–H and O–H groups in total. The van der Waals surface area contributed by atoms with Gasteiger partial charge < -0.3 is 4.42 Å². The predicted molar refractivity (Wildman–Crippen MR) is 194 cm³/mol. The number of fused-ring (bicyclic) bond motifs is 7. The molecule has 0 saturated carbocycles. The van der Waals surface area contributed by atoms with Crippen molar-refractivity contribution in [3.05, 3.63) is 158 Å². The molecule has 0 amide bonds. The van der Waals surface area contributed by atoms with Crippen molar-refractivity contribution in [2.45, 2.75) is 0 Å². The first kappa shape index (κ1) is 27.3. The maximum absolute atomic E-state index is 6.36. The van der Waals surface area contributed by atoms with E-state index in [2.05, 4.69) is 87.8 Å². The third-order valence-electron chi connectivity index (χ3n) is 8.99. The molecule has 7 heteroatoms. The number of furan rings is 1. The fraction of sp³-hybridized carbons (Fsp3) is 0. The molecule has 4 aromatic heterocycles. The van der Waals surface area contributed by atoms with Crippen molar-refractivity contribution in [3.8, 4) is 51.0 Å². The summed E-state index contributed by atoms with van der Waals surface area (Å²) >= 11 is 0. The second-order valence-corrected chi connectivity index (χ2v) is 12.0. The lowest BCUT2D eigenvalue weighted by Gasteiger charge is -2.11. The zero-order valence-electron chi connectivity index (χ0n) is 26.1. The van der Waals surface area contributed by atoms with E-state index in [9.17, 15) is 0 Å². The second-order valence-electron chi connectivity index (χ2n) is 12.0. The van der Waals surface area contributed by atoms with Gasteiger partial charge in [-0.1, -0.05) is 115 Å². The predicted octanol–water partition coefficient (Wildman–Crippen LogP) is 10.0. The van der Waals surface area contributed by atoms with E-state index in [0.29, 0.717) is 17.5 Å². The molecule has 0 aliphatic heterocycles. The van der Waals surface area contributed by atoms with Gasteiger partial charge in [-0.15, -0.1) is 0 Å². The van der Waals surface area contributed by atoms with E-state index in [0.717, 1.165) is 72.5 Å². The number of imidazole rings is 2. The van der Waals surface area contributed by atoms with Crippen LogP contribution in [-0.4, -0.2) is 28.9 Å². The van der Waals surface area contributed by atoms with Crippen molar-refractivity contribution in [1.82, 2.24) is 28.9 Å². The molecule has 10 rings (SSSR count). The van der Waals surface area contributed by atoms with Gasteiger partial charge in [0, 0.05) is 27.8 Å². The zero-order valence-corrected chi connectivity index (χ0v) is 26.1. The molecule has 0 atom stereocenters. The third-order valence-corrected chi connectivity index (χ3v) is 8.99. The molecule has 0 fully saturated rings. The van der Waals surface area contributed by atoms with Gasteiger partial charge in [0.1, 0.15) is 11.1 Å². The molecule has 0 aliphatic rings. The summed E-state index contributed by atoms with van der Waals surface area (Å²) < 4.78 is 10.7. The minimum absolute atomic E-state index is 0.621. The average molecular weight is 631 g/mol. The Morgan fingerprint density at radius 2 is 0.980 bits per heavy atom. The van der Waals surface area contributed by atoms with Crippen LogP contribution in [0.15, 0.2) is 162 Å². The van der Waals surface area contributed by atoms with Gasteiger partial charge in [-0.3, -0.25) is 4.57 Å². The Morgan fingerprint density at radius 1 is 0.429 bits per heavy atom. The van der Waals surface area contributed by atoms with Crippen molar-refractivity contribution in [1.29, 1.82) is 0 Å². The van der Waals surface area contributed by atoms with Crippen LogP contribution in [0.25, 0.3) is 90.0 Å². The van der Waals surface area contributed by atoms with Crippen molar-refractivity contribution >= 4 is 39.0 Å². The first-order valence-corrected chi connectivity index (χ1v) is 16.2. The lowest BCUT2D eigenvalue weighted by Crippen LogP contribution is -2.00. The van der Waals surface area contributed by atoms with E-state index in [1.165, 1.54) is 0 Å². The molecule has 6 aromatic carbocycles. The van der Waals surface area contributed by atoms with Gasteiger partial charge in [-0.05, 0) is 53.6 Å². The molecular formula is C42H26N6O.